The van der Waals surface area contributed by atoms with Crippen LogP contribution in [0.4, 0.5) is 0 Å². The number of rotatable bonds is 9. The van der Waals surface area contributed by atoms with Gasteiger partial charge in [0.15, 0.2) is 0 Å². The monoisotopic (exact) mass is 213 g/mol. The molecule has 0 bridgehead atoms. The van der Waals surface area contributed by atoms with Crippen molar-refractivity contribution in [1.29, 1.82) is 0 Å². The molecule has 0 atom stereocenters. The Hall–Kier alpha value is -0.0800. The molecule has 0 radical (unpaired) electrons. The van der Waals surface area contributed by atoms with Gasteiger partial charge in [-0.1, -0.05) is 25.7 Å². The summed E-state index contributed by atoms with van der Waals surface area (Å²) in [7, 11) is 2.02. The van der Waals surface area contributed by atoms with Crippen LogP contribution in [0.2, 0.25) is 0 Å². The Labute approximate surface area is 94.8 Å². The molecule has 1 saturated carbocycles. The van der Waals surface area contributed by atoms with Crippen LogP contribution < -0.4 is 5.32 Å². The van der Waals surface area contributed by atoms with E-state index in [9.17, 15) is 0 Å². The molecule has 1 N–H and O–H groups in total. The molecule has 2 heteroatoms. The van der Waals surface area contributed by atoms with Crippen LogP contribution in [0.15, 0.2) is 0 Å². The van der Waals surface area contributed by atoms with Crippen LogP contribution in [0, 0.1) is 5.92 Å². The third-order valence-corrected chi connectivity index (χ3v) is 3.29. The summed E-state index contributed by atoms with van der Waals surface area (Å²) in [5, 5.41) is 3.18. The highest BCUT2D eigenvalue weighted by Gasteiger charge is 2.14. The Morgan fingerprint density at radius 1 is 1.07 bits per heavy atom. The van der Waals surface area contributed by atoms with Crippen LogP contribution in [0.5, 0.6) is 0 Å². The molecule has 0 aliphatic heterocycles. The minimum atomic E-state index is 0.884. The van der Waals surface area contributed by atoms with E-state index in [2.05, 4.69) is 5.32 Å². The van der Waals surface area contributed by atoms with E-state index in [0.717, 1.165) is 25.7 Å². The molecule has 15 heavy (non-hydrogen) atoms. The summed E-state index contributed by atoms with van der Waals surface area (Å²) >= 11 is 0. The highest BCUT2D eigenvalue weighted by atomic mass is 16.5. The minimum Gasteiger partial charge on any atom is -0.381 e. The second-order valence-corrected chi connectivity index (χ2v) is 4.74. The van der Waals surface area contributed by atoms with Crippen LogP contribution in [0.3, 0.4) is 0 Å². The molecule has 0 aromatic rings. The zero-order chi connectivity index (χ0) is 10.8. The van der Waals surface area contributed by atoms with Gasteiger partial charge in [-0.25, -0.2) is 0 Å². The Morgan fingerprint density at radius 2 is 1.80 bits per heavy atom. The highest BCUT2D eigenvalue weighted by molar-refractivity contribution is 4.66. The standard InChI is InChI=1S/C13H27NO/c1-14-10-6-2-3-7-11-15-12-13-8-4-5-9-13/h13-14H,2-12H2,1H3. The van der Waals surface area contributed by atoms with Crippen molar-refractivity contribution in [2.45, 2.75) is 51.4 Å². The van der Waals surface area contributed by atoms with Crippen LogP contribution in [0.1, 0.15) is 51.4 Å². The largest absolute Gasteiger partial charge is 0.381 e. The van der Waals surface area contributed by atoms with Crippen molar-refractivity contribution in [3.8, 4) is 0 Å². The lowest BCUT2D eigenvalue weighted by Gasteiger charge is -2.09. The molecule has 90 valence electrons. The average Bonchev–Trinajstić information content (AvgIpc) is 2.75. The number of unbranched alkanes of at least 4 members (excludes halogenated alkanes) is 3. The van der Waals surface area contributed by atoms with Crippen molar-refractivity contribution in [3.05, 3.63) is 0 Å². The zero-order valence-electron chi connectivity index (χ0n) is 10.3. The van der Waals surface area contributed by atoms with E-state index in [1.54, 1.807) is 0 Å². The molecule has 1 aliphatic rings. The van der Waals surface area contributed by atoms with Gasteiger partial charge in [-0.15, -0.1) is 0 Å². The van der Waals surface area contributed by atoms with Gasteiger partial charge in [0.1, 0.15) is 0 Å². The first-order valence-corrected chi connectivity index (χ1v) is 6.66. The molecule has 0 heterocycles. The predicted molar refractivity (Wildman–Crippen MR) is 65.2 cm³/mol. The van der Waals surface area contributed by atoms with Crippen molar-refractivity contribution in [2.75, 3.05) is 26.8 Å². The third-order valence-electron chi connectivity index (χ3n) is 3.29. The molecule has 1 aliphatic carbocycles. The van der Waals surface area contributed by atoms with E-state index < -0.39 is 0 Å². The average molecular weight is 213 g/mol. The molecular formula is C13H27NO. The van der Waals surface area contributed by atoms with E-state index in [0.29, 0.717) is 0 Å². The molecule has 0 unspecified atom stereocenters. The van der Waals surface area contributed by atoms with Gasteiger partial charge in [-0.2, -0.15) is 0 Å². The van der Waals surface area contributed by atoms with Crippen LogP contribution >= 0.6 is 0 Å². The second-order valence-electron chi connectivity index (χ2n) is 4.74. The smallest absolute Gasteiger partial charge is 0.0494 e. The summed E-state index contributed by atoms with van der Waals surface area (Å²) in [5.74, 6) is 0.884. The SMILES string of the molecule is CNCCCCCCOCC1CCCC1. The van der Waals surface area contributed by atoms with Gasteiger partial charge >= 0.3 is 0 Å². The van der Waals surface area contributed by atoms with E-state index in [1.807, 2.05) is 7.05 Å². The number of nitrogens with one attached hydrogen (secondary N) is 1. The molecular weight excluding hydrogens is 186 g/mol. The second kappa shape index (κ2) is 9.17. The lowest BCUT2D eigenvalue weighted by Crippen LogP contribution is -2.08. The van der Waals surface area contributed by atoms with Gasteiger partial charge in [0.25, 0.3) is 0 Å². The Kier molecular flexibility index (Phi) is 7.94. The number of hydrogen-bond acceptors (Lipinski definition) is 2. The number of hydrogen-bond donors (Lipinski definition) is 1. The van der Waals surface area contributed by atoms with E-state index in [4.69, 9.17) is 4.74 Å². The minimum absolute atomic E-state index is 0.884. The molecule has 1 fully saturated rings. The van der Waals surface area contributed by atoms with Gasteiger partial charge in [-0.3, -0.25) is 0 Å². The molecule has 2 nitrogen and oxygen atoms in total. The molecule has 1 rings (SSSR count). The summed E-state index contributed by atoms with van der Waals surface area (Å²) in [6.07, 6.45) is 10.9. The first kappa shape index (κ1) is 13.0. The zero-order valence-corrected chi connectivity index (χ0v) is 10.3. The van der Waals surface area contributed by atoms with Crippen LogP contribution in [-0.2, 0) is 4.74 Å². The van der Waals surface area contributed by atoms with Gasteiger partial charge in [0.2, 0.25) is 0 Å². The third kappa shape index (κ3) is 6.91. The maximum Gasteiger partial charge on any atom is 0.0494 e. The van der Waals surface area contributed by atoms with Gasteiger partial charge in [-0.05, 0) is 45.2 Å². The molecule has 0 aromatic heterocycles. The summed E-state index contributed by atoms with van der Waals surface area (Å²) < 4.78 is 5.71. The Morgan fingerprint density at radius 3 is 2.53 bits per heavy atom. The van der Waals surface area contributed by atoms with Gasteiger partial charge < -0.3 is 10.1 Å². The summed E-state index contributed by atoms with van der Waals surface area (Å²) in [5.41, 5.74) is 0. The van der Waals surface area contributed by atoms with E-state index in [-0.39, 0.29) is 0 Å². The fraction of sp³-hybridized carbons (Fsp3) is 1.00. The summed E-state index contributed by atoms with van der Waals surface area (Å²) in [6.45, 7) is 3.16. The quantitative estimate of drug-likeness (QED) is 0.595. The summed E-state index contributed by atoms with van der Waals surface area (Å²) in [4.78, 5) is 0. The maximum absolute atomic E-state index is 5.71. The first-order chi connectivity index (χ1) is 7.43. The topological polar surface area (TPSA) is 21.3 Å². The molecule has 0 spiro atoms. The van der Waals surface area contributed by atoms with Crippen molar-refractivity contribution in [1.82, 2.24) is 5.32 Å². The lowest BCUT2D eigenvalue weighted by atomic mass is 10.1. The summed E-state index contributed by atoms with van der Waals surface area (Å²) in [6, 6.07) is 0. The van der Waals surface area contributed by atoms with Crippen LogP contribution in [-0.4, -0.2) is 26.8 Å². The van der Waals surface area contributed by atoms with Gasteiger partial charge in [0.05, 0.1) is 0 Å². The molecule has 0 aromatic carbocycles. The Bertz CT molecular complexity index is 132. The molecule has 0 amide bonds. The number of ether oxygens (including phenoxy) is 1. The first-order valence-electron chi connectivity index (χ1n) is 6.66. The highest BCUT2D eigenvalue weighted by Crippen LogP contribution is 2.24. The van der Waals surface area contributed by atoms with E-state index >= 15 is 0 Å². The predicted octanol–water partition coefficient (Wildman–Crippen LogP) is 2.97. The Balaban J connectivity index is 1.73. The van der Waals surface area contributed by atoms with E-state index in [1.165, 1.54) is 51.4 Å². The van der Waals surface area contributed by atoms with Crippen molar-refractivity contribution < 1.29 is 4.74 Å². The van der Waals surface area contributed by atoms with Crippen molar-refractivity contribution in [3.63, 3.8) is 0 Å². The van der Waals surface area contributed by atoms with Gasteiger partial charge in [0, 0.05) is 13.2 Å². The fourth-order valence-corrected chi connectivity index (χ4v) is 2.29. The maximum atomic E-state index is 5.71. The van der Waals surface area contributed by atoms with Crippen LogP contribution in [0.25, 0.3) is 0 Å². The van der Waals surface area contributed by atoms with Crippen molar-refractivity contribution in [2.24, 2.45) is 5.92 Å². The normalized spacial score (nSPS) is 17.4. The fourth-order valence-electron chi connectivity index (χ4n) is 2.29. The lowest BCUT2D eigenvalue weighted by molar-refractivity contribution is 0.0979. The molecule has 0 saturated heterocycles. The van der Waals surface area contributed by atoms with Crippen molar-refractivity contribution >= 4 is 0 Å².